The first kappa shape index (κ1) is 18.7. The summed E-state index contributed by atoms with van der Waals surface area (Å²) in [7, 11) is 1.43. The third kappa shape index (κ3) is 3.66. The van der Waals surface area contributed by atoms with E-state index in [1.807, 2.05) is 36.4 Å². The normalized spacial score (nSPS) is 15.8. The maximum Gasteiger partial charge on any atom is 0.357 e. The molecule has 144 valence electrons. The maximum atomic E-state index is 12.7. The highest BCUT2D eigenvalue weighted by molar-refractivity contribution is 6.07. The molecule has 0 unspecified atom stereocenters. The van der Waals surface area contributed by atoms with Crippen molar-refractivity contribution in [3.05, 3.63) is 66.0 Å². The molecular formula is C25H27NO2. The van der Waals surface area contributed by atoms with Crippen molar-refractivity contribution < 1.29 is 9.53 Å². The zero-order valence-corrected chi connectivity index (χ0v) is 16.5. The summed E-state index contributed by atoms with van der Waals surface area (Å²) in [6.45, 7) is 0. The Kier molecular flexibility index (Phi) is 5.70. The summed E-state index contributed by atoms with van der Waals surface area (Å²) >= 11 is 0. The van der Waals surface area contributed by atoms with E-state index < -0.39 is 0 Å². The van der Waals surface area contributed by atoms with Crippen LogP contribution in [0.4, 0.5) is 0 Å². The molecule has 3 nitrogen and oxygen atoms in total. The van der Waals surface area contributed by atoms with E-state index in [2.05, 4.69) is 18.2 Å². The SMILES string of the molecule is COC(=O)c1nc(C2CCCCCCC2)c2ccccc2c1-c1ccccc1. The topological polar surface area (TPSA) is 39.2 Å². The van der Waals surface area contributed by atoms with Gasteiger partial charge in [0.15, 0.2) is 5.69 Å². The quantitative estimate of drug-likeness (QED) is 0.491. The number of esters is 1. The van der Waals surface area contributed by atoms with Gasteiger partial charge in [-0.2, -0.15) is 0 Å². The number of fused-ring (bicyclic) bond motifs is 1. The number of benzene rings is 2. The number of carbonyl (C=O) groups is 1. The van der Waals surface area contributed by atoms with Crippen LogP contribution in [0.15, 0.2) is 54.6 Å². The van der Waals surface area contributed by atoms with Gasteiger partial charge in [-0.1, -0.05) is 86.7 Å². The van der Waals surface area contributed by atoms with Gasteiger partial charge < -0.3 is 4.74 Å². The number of hydrogen-bond acceptors (Lipinski definition) is 3. The van der Waals surface area contributed by atoms with Gasteiger partial charge in [0.05, 0.1) is 12.8 Å². The number of nitrogens with zero attached hydrogens (tertiary/aromatic N) is 1. The molecule has 0 N–H and O–H groups in total. The molecule has 1 aliphatic carbocycles. The molecule has 0 aliphatic heterocycles. The highest BCUT2D eigenvalue weighted by Crippen LogP contribution is 2.39. The molecule has 1 aliphatic rings. The molecule has 1 aromatic heterocycles. The van der Waals surface area contributed by atoms with Crippen molar-refractivity contribution in [2.75, 3.05) is 7.11 Å². The fraction of sp³-hybridized carbons (Fsp3) is 0.360. The molecule has 0 atom stereocenters. The van der Waals surface area contributed by atoms with Crippen LogP contribution in [0.1, 0.15) is 67.0 Å². The van der Waals surface area contributed by atoms with Crippen molar-refractivity contribution >= 4 is 16.7 Å². The third-order valence-electron chi connectivity index (χ3n) is 5.87. The fourth-order valence-electron chi connectivity index (χ4n) is 4.47. The Hall–Kier alpha value is -2.68. The number of hydrogen-bond donors (Lipinski definition) is 0. The largest absolute Gasteiger partial charge is 0.464 e. The monoisotopic (exact) mass is 373 g/mol. The molecule has 2 aromatic carbocycles. The smallest absolute Gasteiger partial charge is 0.357 e. The minimum Gasteiger partial charge on any atom is -0.464 e. The third-order valence-corrected chi connectivity index (χ3v) is 5.87. The predicted octanol–water partition coefficient (Wildman–Crippen LogP) is 6.52. The number of methoxy groups -OCH3 is 1. The first-order chi connectivity index (χ1) is 13.8. The predicted molar refractivity (Wildman–Crippen MR) is 114 cm³/mol. The molecule has 3 aromatic rings. The van der Waals surface area contributed by atoms with Crippen molar-refractivity contribution in [2.45, 2.75) is 50.9 Å². The lowest BCUT2D eigenvalue weighted by Gasteiger charge is -2.23. The van der Waals surface area contributed by atoms with Crippen LogP contribution in [-0.4, -0.2) is 18.1 Å². The summed E-state index contributed by atoms with van der Waals surface area (Å²) in [4.78, 5) is 17.7. The summed E-state index contributed by atoms with van der Waals surface area (Å²) in [5.41, 5.74) is 3.37. The summed E-state index contributed by atoms with van der Waals surface area (Å²) < 4.78 is 5.13. The average Bonchev–Trinajstić information content (AvgIpc) is 2.72. The fourth-order valence-corrected chi connectivity index (χ4v) is 4.47. The lowest BCUT2D eigenvalue weighted by Crippen LogP contribution is -2.13. The minimum atomic E-state index is -0.364. The van der Waals surface area contributed by atoms with E-state index in [0.29, 0.717) is 11.6 Å². The van der Waals surface area contributed by atoms with Crippen LogP contribution in [0.3, 0.4) is 0 Å². The Bertz CT molecular complexity index is 957. The Morgan fingerprint density at radius 3 is 2.14 bits per heavy atom. The Labute approximate surface area is 166 Å². The highest BCUT2D eigenvalue weighted by atomic mass is 16.5. The van der Waals surface area contributed by atoms with Gasteiger partial charge in [0, 0.05) is 16.9 Å². The molecule has 3 heteroatoms. The molecule has 0 saturated heterocycles. The van der Waals surface area contributed by atoms with Crippen LogP contribution in [0, 0.1) is 0 Å². The van der Waals surface area contributed by atoms with Gasteiger partial charge in [-0.25, -0.2) is 9.78 Å². The number of rotatable bonds is 3. The van der Waals surface area contributed by atoms with E-state index in [-0.39, 0.29) is 5.97 Å². The van der Waals surface area contributed by atoms with Crippen LogP contribution in [0.5, 0.6) is 0 Å². The van der Waals surface area contributed by atoms with Crippen molar-refractivity contribution in [1.82, 2.24) is 4.98 Å². The van der Waals surface area contributed by atoms with E-state index in [0.717, 1.165) is 35.0 Å². The molecule has 4 rings (SSSR count). The standard InChI is InChI=1S/C25H27NO2/c1-28-25(27)24-22(18-12-8-5-9-13-18)20-16-10-11-17-21(20)23(26-24)19-14-6-3-2-4-7-15-19/h5,8-13,16-17,19H,2-4,6-7,14-15H2,1H3. The number of ether oxygens (including phenoxy) is 1. The molecule has 0 radical (unpaired) electrons. The van der Waals surface area contributed by atoms with Gasteiger partial charge in [-0.3, -0.25) is 0 Å². The van der Waals surface area contributed by atoms with Gasteiger partial charge in [-0.05, 0) is 23.8 Å². The zero-order valence-electron chi connectivity index (χ0n) is 16.5. The summed E-state index contributed by atoms with van der Waals surface area (Å²) in [6, 6.07) is 18.4. The summed E-state index contributed by atoms with van der Waals surface area (Å²) in [6.07, 6.45) is 8.66. The van der Waals surface area contributed by atoms with Crippen LogP contribution >= 0.6 is 0 Å². The highest BCUT2D eigenvalue weighted by Gasteiger charge is 2.25. The van der Waals surface area contributed by atoms with Crippen LogP contribution in [0.2, 0.25) is 0 Å². The Balaban J connectivity index is 1.96. The Morgan fingerprint density at radius 1 is 0.857 bits per heavy atom. The molecule has 28 heavy (non-hydrogen) atoms. The first-order valence-electron chi connectivity index (χ1n) is 10.4. The lowest BCUT2D eigenvalue weighted by atomic mass is 9.85. The van der Waals surface area contributed by atoms with Crippen molar-refractivity contribution in [1.29, 1.82) is 0 Å². The zero-order chi connectivity index (χ0) is 19.3. The minimum absolute atomic E-state index is 0.364. The molecule has 0 bridgehead atoms. The van der Waals surface area contributed by atoms with Gasteiger partial charge in [0.2, 0.25) is 0 Å². The number of pyridine rings is 1. The maximum absolute atomic E-state index is 12.7. The van der Waals surface area contributed by atoms with Crippen molar-refractivity contribution in [3.8, 4) is 11.1 Å². The number of carbonyl (C=O) groups excluding carboxylic acids is 1. The van der Waals surface area contributed by atoms with Crippen LogP contribution in [0.25, 0.3) is 21.9 Å². The molecule has 1 heterocycles. The lowest BCUT2D eigenvalue weighted by molar-refractivity contribution is 0.0595. The van der Waals surface area contributed by atoms with Crippen LogP contribution in [-0.2, 0) is 4.74 Å². The summed E-state index contributed by atoms with van der Waals surface area (Å²) in [5, 5.41) is 2.25. The van der Waals surface area contributed by atoms with E-state index in [4.69, 9.17) is 9.72 Å². The molecule has 0 spiro atoms. The molecule has 1 saturated carbocycles. The second kappa shape index (κ2) is 8.55. The average molecular weight is 373 g/mol. The molecule has 0 amide bonds. The van der Waals surface area contributed by atoms with Crippen molar-refractivity contribution in [2.24, 2.45) is 0 Å². The first-order valence-corrected chi connectivity index (χ1v) is 10.4. The second-order valence-corrected chi connectivity index (χ2v) is 7.67. The molecular weight excluding hydrogens is 346 g/mol. The second-order valence-electron chi connectivity index (χ2n) is 7.67. The molecule has 1 fully saturated rings. The van der Waals surface area contributed by atoms with E-state index in [1.165, 1.54) is 44.6 Å². The van der Waals surface area contributed by atoms with E-state index >= 15 is 0 Å². The van der Waals surface area contributed by atoms with E-state index in [9.17, 15) is 4.79 Å². The van der Waals surface area contributed by atoms with Gasteiger partial charge >= 0.3 is 5.97 Å². The van der Waals surface area contributed by atoms with E-state index in [1.54, 1.807) is 0 Å². The van der Waals surface area contributed by atoms with Crippen molar-refractivity contribution in [3.63, 3.8) is 0 Å². The number of aromatic nitrogens is 1. The van der Waals surface area contributed by atoms with Gasteiger partial charge in [-0.15, -0.1) is 0 Å². The van der Waals surface area contributed by atoms with Gasteiger partial charge in [0.25, 0.3) is 0 Å². The van der Waals surface area contributed by atoms with Gasteiger partial charge in [0.1, 0.15) is 0 Å². The Morgan fingerprint density at radius 2 is 1.46 bits per heavy atom. The summed E-state index contributed by atoms with van der Waals surface area (Å²) in [5.74, 6) is 0.0372. The van der Waals surface area contributed by atoms with Crippen LogP contribution < -0.4 is 0 Å².